The van der Waals surface area contributed by atoms with Crippen molar-refractivity contribution in [3.8, 4) is 0 Å². The predicted octanol–water partition coefficient (Wildman–Crippen LogP) is 0.155. The summed E-state index contributed by atoms with van der Waals surface area (Å²) in [6.45, 7) is 0.283. The minimum absolute atomic E-state index is 0.102. The first kappa shape index (κ1) is 11.4. The topological polar surface area (TPSA) is 91.6 Å². The van der Waals surface area contributed by atoms with Gasteiger partial charge in [-0.25, -0.2) is 9.97 Å². The van der Waals surface area contributed by atoms with Crippen LogP contribution in [0, 0.1) is 0 Å². The molecule has 3 heterocycles. The Morgan fingerprint density at radius 2 is 2.16 bits per heavy atom. The van der Waals surface area contributed by atoms with E-state index >= 15 is 0 Å². The van der Waals surface area contributed by atoms with Gasteiger partial charge in [0.2, 0.25) is 0 Å². The van der Waals surface area contributed by atoms with Crippen molar-refractivity contribution in [2.45, 2.75) is 6.54 Å². The molecule has 7 nitrogen and oxygen atoms in total. The van der Waals surface area contributed by atoms with Gasteiger partial charge in [0.05, 0.1) is 18.1 Å². The van der Waals surface area contributed by atoms with Crippen LogP contribution in [0.25, 0.3) is 11.0 Å². The van der Waals surface area contributed by atoms with Crippen LogP contribution in [0.15, 0.2) is 35.4 Å². The Morgan fingerprint density at radius 1 is 1.32 bits per heavy atom. The fourth-order valence-electron chi connectivity index (χ4n) is 1.91. The quantitative estimate of drug-likeness (QED) is 0.705. The van der Waals surface area contributed by atoms with E-state index in [4.69, 9.17) is 5.73 Å². The zero-order valence-corrected chi connectivity index (χ0v) is 10.3. The number of nitrogens with two attached hydrogens (primary N) is 1. The van der Waals surface area contributed by atoms with Crippen molar-refractivity contribution in [1.82, 2.24) is 24.3 Å². The highest BCUT2D eigenvalue weighted by atomic mass is 16.1. The summed E-state index contributed by atoms with van der Waals surface area (Å²) >= 11 is 0. The van der Waals surface area contributed by atoms with E-state index in [1.165, 1.54) is 10.6 Å². The molecule has 3 aromatic rings. The van der Waals surface area contributed by atoms with E-state index in [1.54, 1.807) is 36.3 Å². The van der Waals surface area contributed by atoms with Crippen LogP contribution < -0.4 is 11.3 Å². The number of rotatable bonds is 2. The first-order valence-corrected chi connectivity index (χ1v) is 5.75. The molecule has 19 heavy (non-hydrogen) atoms. The standard InChI is InChI=1S/C12H12N6O/c1-17-12-8(6-14-17)11(13)15-9(16-12)7-18-5-3-2-4-10(18)19/h2-6H,7H2,1H3,(H2,13,15,16). The van der Waals surface area contributed by atoms with E-state index in [9.17, 15) is 4.79 Å². The number of hydrogen-bond donors (Lipinski definition) is 1. The average molecular weight is 256 g/mol. The van der Waals surface area contributed by atoms with Gasteiger partial charge in [-0.2, -0.15) is 5.10 Å². The number of nitrogen functional groups attached to an aromatic ring is 1. The summed E-state index contributed by atoms with van der Waals surface area (Å²) in [6, 6.07) is 4.97. The van der Waals surface area contributed by atoms with Gasteiger partial charge >= 0.3 is 0 Å². The van der Waals surface area contributed by atoms with E-state index in [1.807, 2.05) is 0 Å². The molecule has 3 rings (SSSR count). The summed E-state index contributed by atoms with van der Waals surface area (Å²) in [7, 11) is 1.78. The zero-order valence-electron chi connectivity index (χ0n) is 10.3. The lowest BCUT2D eigenvalue weighted by atomic mass is 10.4. The molecule has 0 aliphatic heterocycles. The van der Waals surface area contributed by atoms with Gasteiger partial charge in [0.1, 0.15) is 5.82 Å². The largest absolute Gasteiger partial charge is 0.383 e. The van der Waals surface area contributed by atoms with Crippen molar-refractivity contribution >= 4 is 16.9 Å². The number of pyridine rings is 1. The van der Waals surface area contributed by atoms with E-state index < -0.39 is 0 Å². The van der Waals surface area contributed by atoms with Crippen LogP contribution in [0.3, 0.4) is 0 Å². The lowest BCUT2D eigenvalue weighted by Crippen LogP contribution is -2.20. The van der Waals surface area contributed by atoms with Crippen molar-refractivity contribution in [2.24, 2.45) is 7.05 Å². The molecule has 0 saturated heterocycles. The number of aryl methyl sites for hydroxylation is 1. The van der Waals surface area contributed by atoms with E-state index in [-0.39, 0.29) is 12.1 Å². The van der Waals surface area contributed by atoms with Crippen molar-refractivity contribution in [1.29, 1.82) is 0 Å². The highest BCUT2D eigenvalue weighted by Gasteiger charge is 2.09. The van der Waals surface area contributed by atoms with Crippen LogP contribution in [-0.2, 0) is 13.6 Å². The van der Waals surface area contributed by atoms with Gasteiger partial charge < -0.3 is 10.3 Å². The Kier molecular flexibility index (Phi) is 2.52. The second kappa shape index (κ2) is 4.20. The van der Waals surface area contributed by atoms with E-state index in [2.05, 4.69) is 15.1 Å². The number of hydrogen-bond acceptors (Lipinski definition) is 5. The van der Waals surface area contributed by atoms with E-state index in [0.717, 1.165) is 0 Å². The summed E-state index contributed by atoms with van der Waals surface area (Å²) in [4.78, 5) is 20.2. The summed E-state index contributed by atoms with van der Waals surface area (Å²) in [6.07, 6.45) is 3.32. The Hall–Kier alpha value is -2.70. The van der Waals surface area contributed by atoms with Gasteiger partial charge in [-0.05, 0) is 6.07 Å². The minimum Gasteiger partial charge on any atom is -0.383 e. The Balaban J connectivity index is 2.09. The first-order chi connectivity index (χ1) is 9.15. The molecule has 96 valence electrons. The van der Waals surface area contributed by atoms with Gasteiger partial charge in [-0.15, -0.1) is 0 Å². The van der Waals surface area contributed by atoms with Crippen molar-refractivity contribution in [3.63, 3.8) is 0 Å². The average Bonchev–Trinajstić information content (AvgIpc) is 2.75. The maximum Gasteiger partial charge on any atom is 0.250 e. The summed E-state index contributed by atoms with van der Waals surface area (Å²) in [5, 5.41) is 4.80. The summed E-state index contributed by atoms with van der Waals surface area (Å²) < 4.78 is 3.15. The molecule has 0 fully saturated rings. The SMILES string of the molecule is Cn1ncc2c(N)nc(Cn3ccccc3=O)nc21. The van der Waals surface area contributed by atoms with E-state index in [0.29, 0.717) is 22.7 Å². The number of anilines is 1. The molecule has 2 N–H and O–H groups in total. The van der Waals surface area contributed by atoms with Gasteiger partial charge in [-0.1, -0.05) is 6.07 Å². The Morgan fingerprint density at radius 3 is 2.95 bits per heavy atom. The highest BCUT2D eigenvalue weighted by Crippen LogP contribution is 2.16. The van der Waals surface area contributed by atoms with Crippen LogP contribution in [0.1, 0.15) is 5.82 Å². The monoisotopic (exact) mass is 256 g/mol. The predicted molar refractivity (Wildman–Crippen MR) is 70.5 cm³/mol. The number of nitrogens with zero attached hydrogens (tertiary/aromatic N) is 5. The number of fused-ring (bicyclic) bond motifs is 1. The smallest absolute Gasteiger partial charge is 0.250 e. The molecule has 0 spiro atoms. The number of aromatic nitrogens is 5. The highest BCUT2D eigenvalue weighted by molar-refractivity contribution is 5.84. The molecule has 7 heteroatoms. The molecule has 0 aliphatic carbocycles. The molecule has 3 aromatic heterocycles. The molecule has 0 unspecified atom stereocenters. The third-order valence-electron chi connectivity index (χ3n) is 2.88. The molecular weight excluding hydrogens is 244 g/mol. The lowest BCUT2D eigenvalue weighted by Gasteiger charge is -2.05. The Labute approximate surface area is 108 Å². The van der Waals surface area contributed by atoms with Crippen LogP contribution in [0.5, 0.6) is 0 Å². The maximum atomic E-state index is 11.6. The molecule has 0 atom stereocenters. The first-order valence-electron chi connectivity index (χ1n) is 5.75. The third-order valence-corrected chi connectivity index (χ3v) is 2.88. The minimum atomic E-state index is -0.102. The van der Waals surface area contributed by atoms with Crippen LogP contribution >= 0.6 is 0 Å². The molecule has 0 aromatic carbocycles. The third kappa shape index (κ3) is 1.95. The molecule has 0 amide bonds. The van der Waals surface area contributed by atoms with Crippen LogP contribution in [0.4, 0.5) is 5.82 Å². The summed E-state index contributed by atoms with van der Waals surface area (Å²) in [5.74, 6) is 0.860. The zero-order chi connectivity index (χ0) is 13.4. The van der Waals surface area contributed by atoms with Crippen LogP contribution in [-0.4, -0.2) is 24.3 Å². The van der Waals surface area contributed by atoms with Crippen molar-refractivity contribution < 1.29 is 0 Å². The molecule has 0 bridgehead atoms. The van der Waals surface area contributed by atoms with Gasteiger partial charge in [0.25, 0.3) is 5.56 Å². The van der Waals surface area contributed by atoms with Gasteiger partial charge in [0, 0.05) is 19.3 Å². The molecule has 0 saturated carbocycles. The van der Waals surface area contributed by atoms with Crippen LogP contribution in [0.2, 0.25) is 0 Å². The molecule has 0 radical (unpaired) electrons. The lowest BCUT2D eigenvalue weighted by molar-refractivity contribution is 0.712. The van der Waals surface area contributed by atoms with Gasteiger partial charge in [0.15, 0.2) is 11.5 Å². The summed E-state index contributed by atoms with van der Waals surface area (Å²) in [5.41, 5.74) is 6.43. The Bertz CT molecular complexity index is 803. The van der Waals surface area contributed by atoms with Crippen molar-refractivity contribution in [3.05, 3.63) is 46.8 Å². The van der Waals surface area contributed by atoms with Gasteiger partial charge in [-0.3, -0.25) is 9.48 Å². The fraction of sp³-hybridized carbons (Fsp3) is 0.167. The second-order valence-electron chi connectivity index (χ2n) is 4.20. The maximum absolute atomic E-state index is 11.6. The molecule has 0 aliphatic rings. The second-order valence-corrected chi connectivity index (χ2v) is 4.20. The normalized spacial score (nSPS) is 11.0. The van der Waals surface area contributed by atoms with Crippen molar-refractivity contribution in [2.75, 3.05) is 5.73 Å². The fourth-order valence-corrected chi connectivity index (χ4v) is 1.91. The molecular formula is C12H12N6O.